The molecule has 8 nitrogen and oxygen atoms in total. The van der Waals surface area contributed by atoms with Crippen LogP contribution < -0.4 is 16.4 Å². The molecule has 9 heteroatoms. The Morgan fingerprint density at radius 1 is 1.00 bits per heavy atom. The zero-order valence-electron chi connectivity index (χ0n) is 19.6. The number of esters is 1. The van der Waals surface area contributed by atoms with Gasteiger partial charge in [0.1, 0.15) is 12.4 Å². The molecule has 0 bridgehead atoms. The minimum absolute atomic E-state index is 0.129. The monoisotopic (exact) mass is 488 g/mol. The van der Waals surface area contributed by atoms with Crippen molar-refractivity contribution >= 4 is 40.2 Å². The second-order valence-corrected chi connectivity index (χ2v) is 8.03. The van der Waals surface area contributed by atoms with Crippen molar-refractivity contribution < 1.29 is 23.5 Å². The highest BCUT2D eigenvalue weighted by atomic mass is 19.1. The standard InChI is InChI=1S/C27H25FN4O4/c1-2-17-7-10-20(11-8-17)30-27(35)31-23-15-32(24-12-9-19(28)13-22(23)24)26(34)21-6-4-3-5-18(21)16-36-25(33)14-29/h3-13,15H,2,14,16,29H2,1H3,(H2,30,31,35). The van der Waals surface area contributed by atoms with E-state index in [-0.39, 0.29) is 24.4 Å². The lowest BCUT2D eigenvalue weighted by Crippen LogP contribution is -2.19. The summed E-state index contributed by atoms with van der Waals surface area (Å²) < 4.78 is 20.5. The summed E-state index contributed by atoms with van der Waals surface area (Å²) in [4.78, 5) is 37.7. The van der Waals surface area contributed by atoms with E-state index in [9.17, 15) is 18.8 Å². The molecule has 0 unspecified atom stereocenters. The zero-order chi connectivity index (χ0) is 25.7. The minimum atomic E-state index is -0.596. The summed E-state index contributed by atoms with van der Waals surface area (Å²) in [5.41, 5.74) is 8.44. The first-order valence-electron chi connectivity index (χ1n) is 11.4. The maximum Gasteiger partial charge on any atom is 0.323 e. The number of amides is 2. The van der Waals surface area contributed by atoms with E-state index in [1.807, 2.05) is 19.1 Å². The summed E-state index contributed by atoms with van der Waals surface area (Å²) in [5, 5.41) is 5.80. The number of carbonyl (C=O) groups is 3. The Labute approximate surface area is 206 Å². The third-order valence-electron chi connectivity index (χ3n) is 5.66. The van der Waals surface area contributed by atoms with Crippen LogP contribution >= 0.6 is 0 Å². The van der Waals surface area contributed by atoms with Gasteiger partial charge in [0.15, 0.2) is 0 Å². The molecule has 2 amide bonds. The molecule has 4 N–H and O–H groups in total. The Kier molecular flexibility index (Phi) is 7.41. The number of nitrogens with two attached hydrogens (primary N) is 1. The highest BCUT2D eigenvalue weighted by Gasteiger charge is 2.20. The molecule has 0 aliphatic heterocycles. The van der Waals surface area contributed by atoms with Crippen LogP contribution in [0.3, 0.4) is 0 Å². The van der Waals surface area contributed by atoms with Crippen molar-refractivity contribution in [2.75, 3.05) is 17.2 Å². The van der Waals surface area contributed by atoms with Gasteiger partial charge in [0.2, 0.25) is 0 Å². The number of nitrogens with zero attached hydrogens (tertiary/aromatic N) is 1. The van der Waals surface area contributed by atoms with Crippen LogP contribution in [0.1, 0.15) is 28.4 Å². The van der Waals surface area contributed by atoms with Crippen molar-refractivity contribution in [2.45, 2.75) is 20.0 Å². The SMILES string of the molecule is CCc1ccc(NC(=O)Nc2cn(C(=O)c3ccccc3COC(=O)CN)c3ccc(F)cc23)cc1. The van der Waals surface area contributed by atoms with Gasteiger partial charge in [0.25, 0.3) is 5.91 Å². The molecule has 0 radical (unpaired) electrons. The topological polar surface area (TPSA) is 115 Å². The molecule has 0 atom stereocenters. The third kappa shape index (κ3) is 5.42. The summed E-state index contributed by atoms with van der Waals surface area (Å²) in [5.74, 6) is -1.55. The van der Waals surface area contributed by atoms with Gasteiger partial charge >= 0.3 is 12.0 Å². The molecule has 1 aromatic heterocycles. The van der Waals surface area contributed by atoms with Gasteiger partial charge in [-0.2, -0.15) is 0 Å². The molecule has 184 valence electrons. The van der Waals surface area contributed by atoms with Gasteiger partial charge in [-0.1, -0.05) is 37.3 Å². The highest BCUT2D eigenvalue weighted by Crippen LogP contribution is 2.28. The Hall–Kier alpha value is -4.50. The van der Waals surface area contributed by atoms with Gasteiger partial charge < -0.3 is 21.1 Å². The van der Waals surface area contributed by atoms with E-state index < -0.39 is 23.7 Å². The molecule has 1 heterocycles. The number of hydrogen-bond acceptors (Lipinski definition) is 5. The normalized spacial score (nSPS) is 10.8. The lowest BCUT2D eigenvalue weighted by atomic mass is 10.1. The quantitative estimate of drug-likeness (QED) is 0.327. The lowest BCUT2D eigenvalue weighted by Gasteiger charge is -2.10. The van der Waals surface area contributed by atoms with Gasteiger partial charge in [0, 0.05) is 28.4 Å². The second-order valence-electron chi connectivity index (χ2n) is 8.03. The molecule has 0 saturated heterocycles. The Morgan fingerprint density at radius 3 is 2.47 bits per heavy atom. The number of rotatable bonds is 7. The average Bonchev–Trinajstić information content (AvgIpc) is 3.24. The predicted molar refractivity (Wildman–Crippen MR) is 135 cm³/mol. The molecule has 4 aromatic rings. The summed E-state index contributed by atoms with van der Waals surface area (Å²) in [6, 6.07) is 17.5. The van der Waals surface area contributed by atoms with Gasteiger partial charge in [-0.3, -0.25) is 14.2 Å². The number of carbonyl (C=O) groups excluding carboxylic acids is 3. The number of aromatic nitrogens is 1. The maximum absolute atomic E-state index is 14.1. The van der Waals surface area contributed by atoms with Crippen molar-refractivity contribution in [3.05, 3.63) is 95.4 Å². The predicted octanol–water partition coefficient (Wildman–Crippen LogP) is 4.68. The molecule has 0 aliphatic carbocycles. The Morgan fingerprint density at radius 2 is 1.75 bits per heavy atom. The van der Waals surface area contributed by atoms with E-state index in [1.54, 1.807) is 36.4 Å². The molecule has 4 rings (SSSR count). The molecular weight excluding hydrogens is 463 g/mol. The first kappa shape index (κ1) is 24.6. The number of halogens is 1. The van der Waals surface area contributed by atoms with Crippen LogP contribution in [0.25, 0.3) is 10.9 Å². The number of ether oxygens (including phenoxy) is 1. The van der Waals surface area contributed by atoms with Crippen LogP contribution in [-0.2, 0) is 22.6 Å². The summed E-state index contributed by atoms with van der Waals surface area (Å²) in [6.45, 7) is 1.64. The molecule has 3 aromatic carbocycles. The number of urea groups is 1. The number of benzene rings is 3. The van der Waals surface area contributed by atoms with E-state index in [2.05, 4.69) is 10.6 Å². The van der Waals surface area contributed by atoms with Crippen molar-refractivity contribution in [3.63, 3.8) is 0 Å². The van der Waals surface area contributed by atoms with Crippen molar-refractivity contribution in [3.8, 4) is 0 Å². The molecular formula is C27H25FN4O4. The van der Waals surface area contributed by atoms with Crippen LogP contribution in [0.15, 0.2) is 72.9 Å². The van der Waals surface area contributed by atoms with Crippen molar-refractivity contribution in [1.29, 1.82) is 0 Å². The largest absolute Gasteiger partial charge is 0.460 e. The Balaban J connectivity index is 1.63. The molecule has 36 heavy (non-hydrogen) atoms. The van der Waals surface area contributed by atoms with Crippen LogP contribution in [0, 0.1) is 5.82 Å². The van der Waals surface area contributed by atoms with Gasteiger partial charge in [-0.15, -0.1) is 0 Å². The van der Waals surface area contributed by atoms with E-state index >= 15 is 0 Å². The molecule has 0 saturated carbocycles. The first-order valence-corrected chi connectivity index (χ1v) is 11.4. The lowest BCUT2D eigenvalue weighted by molar-refractivity contribution is -0.143. The van der Waals surface area contributed by atoms with Crippen molar-refractivity contribution in [1.82, 2.24) is 4.57 Å². The summed E-state index contributed by atoms with van der Waals surface area (Å²) in [7, 11) is 0. The van der Waals surface area contributed by atoms with E-state index in [4.69, 9.17) is 10.5 Å². The molecule has 0 spiro atoms. The van der Waals surface area contributed by atoms with Gasteiger partial charge in [-0.25, -0.2) is 9.18 Å². The Bertz CT molecular complexity index is 1430. The number of aryl methyl sites for hydroxylation is 1. The number of anilines is 2. The fourth-order valence-electron chi connectivity index (χ4n) is 3.78. The van der Waals surface area contributed by atoms with E-state index in [0.29, 0.717) is 22.2 Å². The highest BCUT2D eigenvalue weighted by molar-refractivity contribution is 6.10. The average molecular weight is 489 g/mol. The fraction of sp³-hybridized carbons (Fsp3) is 0.148. The second kappa shape index (κ2) is 10.8. The van der Waals surface area contributed by atoms with Gasteiger partial charge in [-0.05, 0) is 48.4 Å². The smallest absolute Gasteiger partial charge is 0.323 e. The van der Waals surface area contributed by atoms with Crippen molar-refractivity contribution in [2.24, 2.45) is 5.73 Å². The van der Waals surface area contributed by atoms with Crippen LogP contribution in [-0.4, -0.2) is 29.0 Å². The molecule has 0 aliphatic rings. The van der Waals surface area contributed by atoms with E-state index in [0.717, 1.165) is 12.0 Å². The van der Waals surface area contributed by atoms with E-state index in [1.165, 1.54) is 29.0 Å². The fourth-order valence-corrected chi connectivity index (χ4v) is 3.78. The van der Waals surface area contributed by atoms with Crippen LogP contribution in [0.2, 0.25) is 0 Å². The zero-order valence-corrected chi connectivity index (χ0v) is 19.6. The summed E-state index contributed by atoms with van der Waals surface area (Å²) >= 11 is 0. The number of hydrogen-bond donors (Lipinski definition) is 3. The first-order chi connectivity index (χ1) is 17.4. The van der Waals surface area contributed by atoms with Crippen LogP contribution in [0.5, 0.6) is 0 Å². The van der Waals surface area contributed by atoms with Crippen LogP contribution in [0.4, 0.5) is 20.6 Å². The summed E-state index contributed by atoms with van der Waals surface area (Å²) in [6.07, 6.45) is 2.32. The maximum atomic E-state index is 14.1. The minimum Gasteiger partial charge on any atom is -0.460 e. The van der Waals surface area contributed by atoms with Gasteiger partial charge in [0.05, 0.1) is 17.7 Å². The number of fused-ring (bicyclic) bond motifs is 1. The number of nitrogens with one attached hydrogen (secondary N) is 2. The molecule has 0 fully saturated rings. The third-order valence-corrected chi connectivity index (χ3v) is 5.66.